The maximum atomic E-state index is 11.6. The molecule has 0 spiro atoms. The van der Waals surface area contributed by atoms with Gasteiger partial charge in [0, 0.05) is 24.8 Å². The first-order valence-electron chi connectivity index (χ1n) is 8.89. The fraction of sp³-hybridized carbons (Fsp3) is 0.833. The van der Waals surface area contributed by atoms with E-state index in [4.69, 9.17) is 9.47 Å². The Morgan fingerprint density at radius 3 is 3.09 bits per heavy atom. The molecule has 2 bridgehead atoms. The molecule has 4 rings (SSSR count). The zero-order valence-corrected chi connectivity index (χ0v) is 13.7. The lowest BCUT2D eigenvalue weighted by atomic mass is 9.52. The van der Waals surface area contributed by atoms with Crippen molar-refractivity contribution in [3.8, 4) is 0 Å². The summed E-state index contributed by atoms with van der Waals surface area (Å²) in [4.78, 5) is 11.6. The van der Waals surface area contributed by atoms with Crippen LogP contribution in [0.15, 0.2) is 11.3 Å². The fourth-order valence-corrected chi connectivity index (χ4v) is 5.74. The van der Waals surface area contributed by atoms with Crippen LogP contribution < -0.4 is 5.32 Å². The molecular formula is C18H27NO3. The Labute approximate surface area is 132 Å². The van der Waals surface area contributed by atoms with Crippen LogP contribution in [-0.4, -0.2) is 30.8 Å². The van der Waals surface area contributed by atoms with E-state index in [1.54, 1.807) is 12.5 Å². The molecule has 4 nitrogen and oxygen atoms in total. The monoisotopic (exact) mass is 305 g/mol. The van der Waals surface area contributed by atoms with Gasteiger partial charge in [0.2, 0.25) is 0 Å². The van der Waals surface area contributed by atoms with Gasteiger partial charge in [0.05, 0.1) is 12.4 Å². The molecule has 0 aromatic carbocycles. The van der Waals surface area contributed by atoms with Crippen LogP contribution in [0.2, 0.25) is 0 Å². The van der Waals surface area contributed by atoms with Crippen LogP contribution in [0.25, 0.3) is 0 Å². The van der Waals surface area contributed by atoms with Gasteiger partial charge in [-0.2, -0.15) is 0 Å². The number of allylic oxidation sites excluding steroid dienone is 1. The molecule has 4 aliphatic rings. The highest BCUT2D eigenvalue weighted by molar-refractivity contribution is 5.66. The Balaban J connectivity index is 1.76. The number of hydrogen-bond donors (Lipinski definition) is 1. The summed E-state index contributed by atoms with van der Waals surface area (Å²) in [7, 11) is 0. The molecule has 2 aliphatic carbocycles. The average molecular weight is 305 g/mol. The molecule has 2 fully saturated rings. The number of piperidine rings is 1. The number of rotatable bonds is 1. The first-order valence-corrected chi connectivity index (χ1v) is 8.89. The van der Waals surface area contributed by atoms with Gasteiger partial charge in [-0.15, -0.1) is 0 Å². The van der Waals surface area contributed by atoms with E-state index in [9.17, 15) is 4.79 Å². The maximum absolute atomic E-state index is 11.6. The van der Waals surface area contributed by atoms with Crippen molar-refractivity contribution in [3.63, 3.8) is 0 Å². The van der Waals surface area contributed by atoms with Gasteiger partial charge < -0.3 is 14.8 Å². The molecule has 4 heteroatoms. The van der Waals surface area contributed by atoms with Gasteiger partial charge in [-0.05, 0) is 56.1 Å². The zero-order chi connectivity index (χ0) is 15.3. The van der Waals surface area contributed by atoms with E-state index >= 15 is 0 Å². The second-order valence-corrected chi connectivity index (χ2v) is 7.62. The normalized spacial score (nSPS) is 43.7. The molecule has 1 saturated heterocycles. The van der Waals surface area contributed by atoms with Crippen molar-refractivity contribution >= 4 is 5.97 Å². The average Bonchev–Trinajstić information content (AvgIpc) is 2.51. The lowest BCUT2D eigenvalue weighted by Gasteiger charge is -2.60. The van der Waals surface area contributed by atoms with Crippen molar-refractivity contribution in [2.75, 3.05) is 13.2 Å². The van der Waals surface area contributed by atoms with E-state index in [0.717, 1.165) is 32.4 Å². The minimum atomic E-state index is -0.141. The first kappa shape index (κ1) is 14.6. The second-order valence-electron chi connectivity index (χ2n) is 7.62. The summed E-state index contributed by atoms with van der Waals surface area (Å²) < 4.78 is 11.8. The molecule has 0 aromatic rings. The van der Waals surface area contributed by atoms with E-state index in [1.165, 1.54) is 25.0 Å². The summed E-state index contributed by atoms with van der Waals surface area (Å²) in [5.41, 5.74) is 1.67. The minimum absolute atomic E-state index is 0.0510. The fourth-order valence-electron chi connectivity index (χ4n) is 5.74. The number of nitrogens with one attached hydrogen (secondary N) is 1. The van der Waals surface area contributed by atoms with E-state index in [2.05, 4.69) is 12.2 Å². The molecule has 0 aromatic heterocycles. The largest absolute Gasteiger partial charge is 0.498 e. The Morgan fingerprint density at radius 2 is 2.27 bits per heavy atom. The molecule has 5 unspecified atom stereocenters. The highest BCUT2D eigenvalue weighted by Crippen LogP contribution is 2.57. The van der Waals surface area contributed by atoms with Crippen molar-refractivity contribution in [1.82, 2.24) is 5.32 Å². The third-order valence-electron chi connectivity index (χ3n) is 6.35. The Morgan fingerprint density at radius 1 is 1.41 bits per heavy atom. The van der Waals surface area contributed by atoms with Crippen molar-refractivity contribution in [2.45, 2.75) is 64.0 Å². The zero-order valence-electron chi connectivity index (χ0n) is 13.7. The van der Waals surface area contributed by atoms with Gasteiger partial charge in [0.1, 0.15) is 6.10 Å². The van der Waals surface area contributed by atoms with Crippen LogP contribution in [0, 0.1) is 17.8 Å². The SMILES string of the molecule is CC(=O)OC1C(C)CC23NCCCC2C1CC1=C3CCCO1. The van der Waals surface area contributed by atoms with Crippen LogP contribution in [0.4, 0.5) is 0 Å². The second kappa shape index (κ2) is 5.26. The van der Waals surface area contributed by atoms with Gasteiger partial charge in [-0.25, -0.2) is 0 Å². The molecule has 0 amide bonds. The first-order chi connectivity index (χ1) is 10.6. The highest BCUT2D eigenvalue weighted by atomic mass is 16.5. The quantitative estimate of drug-likeness (QED) is 0.757. The van der Waals surface area contributed by atoms with Crippen molar-refractivity contribution < 1.29 is 14.3 Å². The molecular weight excluding hydrogens is 278 g/mol. The number of carbonyl (C=O) groups excluding carboxylic acids is 1. The van der Waals surface area contributed by atoms with Gasteiger partial charge in [0.25, 0.3) is 0 Å². The molecule has 1 saturated carbocycles. The number of carbonyl (C=O) groups is 1. The third kappa shape index (κ3) is 2.03. The Hall–Kier alpha value is -1.03. The summed E-state index contributed by atoms with van der Waals surface area (Å²) in [6.45, 7) is 5.74. The molecule has 1 N–H and O–H groups in total. The molecule has 122 valence electrons. The maximum Gasteiger partial charge on any atom is 0.302 e. The van der Waals surface area contributed by atoms with Crippen LogP contribution in [0.5, 0.6) is 0 Å². The van der Waals surface area contributed by atoms with Gasteiger partial charge >= 0.3 is 5.97 Å². The Kier molecular flexibility index (Phi) is 3.48. The predicted octanol–water partition coefficient (Wildman–Crippen LogP) is 2.78. The summed E-state index contributed by atoms with van der Waals surface area (Å²) in [6, 6.07) is 0. The summed E-state index contributed by atoms with van der Waals surface area (Å²) >= 11 is 0. The van der Waals surface area contributed by atoms with E-state index in [-0.39, 0.29) is 17.6 Å². The standard InChI is InChI=1S/C18H27NO3/c1-11-10-18-14(5-3-7-19-18)13(17(11)22-12(2)20)9-16-15(18)6-4-8-21-16/h11,13-14,17,19H,3-10H2,1-2H3. The Bertz CT molecular complexity index is 514. The van der Waals surface area contributed by atoms with Crippen LogP contribution in [0.1, 0.15) is 52.4 Å². The number of hydrogen-bond acceptors (Lipinski definition) is 4. The topological polar surface area (TPSA) is 47.6 Å². The van der Waals surface area contributed by atoms with Crippen LogP contribution >= 0.6 is 0 Å². The summed E-state index contributed by atoms with van der Waals surface area (Å²) in [5.74, 6) is 2.50. The van der Waals surface area contributed by atoms with Crippen molar-refractivity contribution in [2.24, 2.45) is 17.8 Å². The lowest BCUT2D eigenvalue weighted by Crippen LogP contribution is -2.67. The molecule has 5 atom stereocenters. The van der Waals surface area contributed by atoms with Gasteiger partial charge in [0.15, 0.2) is 0 Å². The molecule has 0 radical (unpaired) electrons. The van der Waals surface area contributed by atoms with E-state index in [0.29, 0.717) is 17.8 Å². The van der Waals surface area contributed by atoms with Crippen LogP contribution in [-0.2, 0) is 14.3 Å². The van der Waals surface area contributed by atoms with Crippen LogP contribution in [0.3, 0.4) is 0 Å². The van der Waals surface area contributed by atoms with Crippen molar-refractivity contribution in [3.05, 3.63) is 11.3 Å². The van der Waals surface area contributed by atoms with E-state index < -0.39 is 0 Å². The van der Waals surface area contributed by atoms with E-state index in [1.807, 2.05) is 0 Å². The summed E-state index contributed by atoms with van der Waals surface area (Å²) in [6.07, 6.45) is 6.89. The predicted molar refractivity (Wildman–Crippen MR) is 83.1 cm³/mol. The number of ether oxygens (including phenoxy) is 2. The molecule has 22 heavy (non-hydrogen) atoms. The van der Waals surface area contributed by atoms with Gasteiger partial charge in [-0.1, -0.05) is 6.92 Å². The number of esters is 1. The van der Waals surface area contributed by atoms with Gasteiger partial charge in [-0.3, -0.25) is 4.79 Å². The van der Waals surface area contributed by atoms with Crippen molar-refractivity contribution in [1.29, 1.82) is 0 Å². The third-order valence-corrected chi connectivity index (χ3v) is 6.35. The molecule has 2 heterocycles. The molecule has 2 aliphatic heterocycles. The summed E-state index contributed by atoms with van der Waals surface area (Å²) in [5, 5.41) is 3.89. The minimum Gasteiger partial charge on any atom is -0.498 e. The smallest absolute Gasteiger partial charge is 0.302 e. The highest BCUT2D eigenvalue weighted by Gasteiger charge is 2.59. The lowest BCUT2D eigenvalue weighted by molar-refractivity contribution is -0.164.